The first-order valence-electron chi connectivity index (χ1n) is 6.47. The summed E-state index contributed by atoms with van der Waals surface area (Å²) in [5.74, 6) is 2.38. The Kier molecular flexibility index (Phi) is 6.25. The van der Waals surface area contributed by atoms with Crippen LogP contribution in [0.25, 0.3) is 0 Å². The molecule has 0 aromatic heterocycles. The van der Waals surface area contributed by atoms with Crippen molar-refractivity contribution in [1.29, 1.82) is 0 Å². The van der Waals surface area contributed by atoms with E-state index in [1.54, 1.807) is 0 Å². The molecular formula is C14H29Cl. The third kappa shape index (κ3) is 3.37. The Morgan fingerprint density at radius 3 is 1.53 bits per heavy atom. The van der Waals surface area contributed by atoms with Gasteiger partial charge in [0.15, 0.2) is 0 Å². The highest BCUT2D eigenvalue weighted by molar-refractivity contribution is 6.24. The van der Waals surface area contributed by atoms with Gasteiger partial charge < -0.3 is 0 Å². The van der Waals surface area contributed by atoms with E-state index in [1.807, 2.05) is 0 Å². The summed E-state index contributed by atoms with van der Waals surface area (Å²) in [6, 6.07) is 0. The maximum absolute atomic E-state index is 6.95. The van der Waals surface area contributed by atoms with Gasteiger partial charge in [0, 0.05) is 0 Å². The molecule has 0 saturated carbocycles. The van der Waals surface area contributed by atoms with Gasteiger partial charge in [-0.1, -0.05) is 54.9 Å². The van der Waals surface area contributed by atoms with Gasteiger partial charge in [0.2, 0.25) is 0 Å². The topological polar surface area (TPSA) is 0 Å². The molecule has 0 aliphatic carbocycles. The van der Waals surface area contributed by atoms with E-state index in [2.05, 4.69) is 48.5 Å². The van der Waals surface area contributed by atoms with E-state index >= 15 is 0 Å². The van der Waals surface area contributed by atoms with E-state index in [0.717, 1.165) is 0 Å². The van der Waals surface area contributed by atoms with Crippen molar-refractivity contribution in [2.24, 2.45) is 23.7 Å². The summed E-state index contributed by atoms with van der Waals surface area (Å²) in [4.78, 5) is -0.0375. The zero-order chi connectivity index (χ0) is 12.2. The average Bonchev–Trinajstić information content (AvgIpc) is 2.11. The Morgan fingerprint density at radius 1 is 0.933 bits per heavy atom. The Balaban J connectivity index is 5.00. The van der Waals surface area contributed by atoms with Crippen molar-refractivity contribution in [3.8, 4) is 0 Å². The first kappa shape index (κ1) is 15.3. The summed E-state index contributed by atoms with van der Waals surface area (Å²) in [6.07, 6.45) is 2.48. The van der Waals surface area contributed by atoms with E-state index in [1.165, 1.54) is 12.8 Å². The number of halogens is 1. The molecule has 0 nitrogen and oxygen atoms in total. The summed E-state index contributed by atoms with van der Waals surface area (Å²) in [5, 5.41) is 0. The van der Waals surface area contributed by atoms with Gasteiger partial charge in [0.05, 0.1) is 4.87 Å². The molecule has 0 aromatic rings. The molecule has 0 aromatic carbocycles. The zero-order valence-electron chi connectivity index (χ0n) is 11.6. The van der Waals surface area contributed by atoms with Crippen LogP contribution in [-0.2, 0) is 0 Å². The fourth-order valence-electron chi connectivity index (χ4n) is 2.90. The van der Waals surface area contributed by atoms with Crippen LogP contribution in [-0.4, -0.2) is 4.87 Å². The largest absolute Gasteiger partial charge is 0.118 e. The lowest BCUT2D eigenvalue weighted by Crippen LogP contribution is -2.44. The van der Waals surface area contributed by atoms with E-state index in [4.69, 9.17) is 11.6 Å². The van der Waals surface area contributed by atoms with Crippen LogP contribution in [0.5, 0.6) is 0 Å². The third-order valence-corrected chi connectivity index (χ3v) is 4.90. The van der Waals surface area contributed by atoms with E-state index in [0.29, 0.717) is 23.7 Å². The fourth-order valence-corrected chi connectivity index (χ4v) is 3.26. The van der Waals surface area contributed by atoms with Crippen molar-refractivity contribution in [1.82, 2.24) is 0 Å². The van der Waals surface area contributed by atoms with Crippen LogP contribution in [0.2, 0.25) is 0 Å². The number of rotatable bonds is 6. The van der Waals surface area contributed by atoms with Gasteiger partial charge in [-0.05, 0) is 30.1 Å². The van der Waals surface area contributed by atoms with Crippen molar-refractivity contribution in [2.45, 2.75) is 66.2 Å². The lowest BCUT2D eigenvalue weighted by Gasteiger charge is -2.44. The van der Waals surface area contributed by atoms with E-state index < -0.39 is 0 Å². The van der Waals surface area contributed by atoms with Crippen molar-refractivity contribution in [3.05, 3.63) is 0 Å². The van der Waals surface area contributed by atoms with Crippen molar-refractivity contribution < 1.29 is 0 Å². The molecule has 92 valence electrons. The molecule has 0 radical (unpaired) electrons. The van der Waals surface area contributed by atoms with Crippen molar-refractivity contribution >= 4 is 11.6 Å². The van der Waals surface area contributed by atoms with Gasteiger partial charge in [-0.3, -0.25) is 0 Å². The summed E-state index contributed by atoms with van der Waals surface area (Å²) < 4.78 is 0. The van der Waals surface area contributed by atoms with Gasteiger partial charge in [-0.2, -0.15) is 0 Å². The molecule has 15 heavy (non-hydrogen) atoms. The average molecular weight is 233 g/mol. The van der Waals surface area contributed by atoms with Crippen LogP contribution in [0, 0.1) is 23.7 Å². The zero-order valence-corrected chi connectivity index (χ0v) is 12.4. The summed E-state index contributed by atoms with van der Waals surface area (Å²) in [5.41, 5.74) is 0. The molecule has 0 heterocycles. The van der Waals surface area contributed by atoms with Gasteiger partial charge in [0.25, 0.3) is 0 Å². The lowest BCUT2D eigenvalue weighted by molar-refractivity contribution is 0.163. The summed E-state index contributed by atoms with van der Waals surface area (Å²) >= 11 is 6.95. The maximum Gasteiger partial charge on any atom is 0.0522 e. The normalized spacial score (nSPS) is 15.4. The first-order chi connectivity index (χ1) is 6.78. The molecule has 0 fully saturated rings. The smallest absolute Gasteiger partial charge is 0.0522 e. The van der Waals surface area contributed by atoms with Gasteiger partial charge in [-0.15, -0.1) is 11.6 Å². The summed E-state index contributed by atoms with van der Waals surface area (Å²) in [7, 11) is 0. The van der Waals surface area contributed by atoms with E-state index in [-0.39, 0.29) is 4.87 Å². The number of alkyl halides is 1. The van der Waals surface area contributed by atoms with Crippen LogP contribution in [0.15, 0.2) is 0 Å². The van der Waals surface area contributed by atoms with Crippen LogP contribution in [0.3, 0.4) is 0 Å². The van der Waals surface area contributed by atoms with E-state index in [9.17, 15) is 0 Å². The predicted octanol–water partition coefficient (Wildman–Crippen LogP) is 5.35. The Morgan fingerprint density at radius 2 is 1.33 bits per heavy atom. The molecule has 0 aliphatic rings. The van der Waals surface area contributed by atoms with Crippen LogP contribution in [0.1, 0.15) is 61.3 Å². The molecule has 1 heteroatoms. The molecular weight excluding hydrogens is 204 g/mol. The molecule has 0 N–H and O–H groups in total. The summed E-state index contributed by atoms with van der Waals surface area (Å²) in [6.45, 7) is 15.9. The quantitative estimate of drug-likeness (QED) is 0.542. The second-order valence-corrected chi connectivity index (χ2v) is 6.43. The molecule has 0 amide bonds. The van der Waals surface area contributed by atoms with Gasteiger partial charge >= 0.3 is 0 Å². The molecule has 1 unspecified atom stereocenters. The standard InChI is InChI=1S/C14H29Cl/c1-8-9-13(10(2)3)14(15,11(4)5)12(6)7/h10-13H,8-9H2,1-7H3. The third-order valence-electron chi connectivity index (χ3n) is 3.74. The van der Waals surface area contributed by atoms with Crippen LogP contribution in [0.4, 0.5) is 0 Å². The van der Waals surface area contributed by atoms with Crippen LogP contribution >= 0.6 is 11.6 Å². The molecule has 0 rings (SSSR count). The minimum absolute atomic E-state index is 0.0375. The fraction of sp³-hybridized carbons (Fsp3) is 1.00. The Hall–Kier alpha value is 0.290. The highest BCUT2D eigenvalue weighted by Gasteiger charge is 2.43. The Bertz CT molecular complexity index is 162. The second-order valence-electron chi connectivity index (χ2n) is 5.78. The monoisotopic (exact) mass is 232 g/mol. The minimum atomic E-state index is -0.0375. The molecule has 0 saturated heterocycles. The maximum atomic E-state index is 6.95. The number of hydrogen-bond donors (Lipinski definition) is 0. The lowest BCUT2D eigenvalue weighted by atomic mass is 9.69. The first-order valence-corrected chi connectivity index (χ1v) is 6.85. The van der Waals surface area contributed by atoms with Crippen molar-refractivity contribution in [3.63, 3.8) is 0 Å². The minimum Gasteiger partial charge on any atom is -0.118 e. The van der Waals surface area contributed by atoms with Gasteiger partial charge in [-0.25, -0.2) is 0 Å². The van der Waals surface area contributed by atoms with Gasteiger partial charge in [0.1, 0.15) is 0 Å². The predicted molar refractivity (Wildman–Crippen MR) is 71.5 cm³/mol. The molecule has 1 atom stereocenters. The molecule has 0 bridgehead atoms. The second kappa shape index (κ2) is 6.13. The highest BCUT2D eigenvalue weighted by Crippen LogP contribution is 2.45. The molecule has 0 spiro atoms. The van der Waals surface area contributed by atoms with Crippen molar-refractivity contribution in [2.75, 3.05) is 0 Å². The SMILES string of the molecule is CCCC(C(C)C)C(Cl)(C(C)C)C(C)C. The van der Waals surface area contributed by atoms with Crippen LogP contribution < -0.4 is 0 Å². The highest BCUT2D eigenvalue weighted by atomic mass is 35.5. The Labute approximate surface area is 102 Å². The molecule has 0 aliphatic heterocycles. The number of hydrogen-bond acceptors (Lipinski definition) is 0.